The maximum Gasteiger partial charge on any atom is 0.331 e. The van der Waals surface area contributed by atoms with Crippen molar-refractivity contribution in [1.29, 1.82) is 0 Å². The molecule has 28 heavy (non-hydrogen) atoms. The van der Waals surface area contributed by atoms with Gasteiger partial charge in [-0.25, -0.2) is 4.79 Å². The van der Waals surface area contributed by atoms with Gasteiger partial charge in [0.25, 0.3) is 0 Å². The summed E-state index contributed by atoms with van der Waals surface area (Å²) < 4.78 is 0. The summed E-state index contributed by atoms with van der Waals surface area (Å²) >= 11 is 0. The predicted molar refractivity (Wildman–Crippen MR) is 118 cm³/mol. The summed E-state index contributed by atoms with van der Waals surface area (Å²) in [5, 5.41) is 9.34. The molecule has 0 saturated carbocycles. The van der Waals surface area contributed by atoms with Gasteiger partial charge >= 0.3 is 5.97 Å². The van der Waals surface area contributed by atoms with Gasteiger partial charge in [-0.1, -0.05) is 65.0 Å². The Labute approximate surface area is 169 Å². The van der Waals surface area contributed by atoms with Crippen LogP contribution >= 0.6 is 0 Å². The normalized spacial score (nSPS) is 17.9. The number of benzene rings is 2. The fourth-order valence-corrected chi connectivity index (χ4v) is 4.35. The lowest BCUT2D eigenvalue weighted by Gasteiger charge is -2.42. The summed E-state index contributed by atoms with van der Waals surface area (Å²) in [6, 6.07) is 13.0. The molecule has 1 N–H and O–H groups in total. The van der Waals surface area contributed by atoms with Gasteiger partial charge in [0.15, 0.2) is 0 Å². The van der Waals surface area contributed by atoms with E-state index in [0.717, 1.165) is 11.1 Å². The number of aryl methyl sites for hydroxylation is 1. The molecular weight excluding hydrogens is 344 g/mol. The van der Waals surface area contributed by atoms with Crippen LogP contribution in [0.15, 0.2) is 42.0 Å². The molecule has 1 aliphatic carbocycles. The number of rotatable bonds is 4. The fourth-order valence-electron chi connectivity index (χ4n) is 4.35. The summed E-state index contributed by atoms with van der Waals surface area (Å²) in [6.45, 7) is 13.5. The minimum absolute atomic E-state index is 0.170. The summed E-state index contributed by atoms with van der Waals surface area (Å²) in [5.74, 6) is -0.846. The molecule has 0 spiro atoms. The molecule has 0 aliphatic heterocycles. The highest BCUT2D eigenvalue weighted by Gasteiger charge is 2.37. The van der Waals surface area contributed by atoms with Crippen LogP contribution in [0.4, 0.5) is 0 Å². The first-order chi connectivity index (χ1) is 13.0. The molecule has 148 valence electrons. The molecule has 1 aliphatic rings. The number of hydrogen-bond donors (Lipinski definition) is 1. The van der Waals surface area contributed by atoms with Gasteiger partial charge in [-0.05, 0) is 82.5 Å². The zero-order valence-corrected chi connectivity index (χ0v) is 18.0. The zero-order valence-electron chi connectivity index (χ0n) is 18.0. The molecule has 0 amide bonds. The first-order valence-electron chi connectivity index (χ1n) is 10.2. The lowest BCUT2D eigenvalue weighted by molar-refractivity contribution is -0.132. The zero-order chi connectivity index (χ0) is 20.7. The lowest BCUT2D eigenvalue weighted by Crippen LogP contribution is -2.34. The number of carbonyl (C=O) groups is 1. The SMILES string of the molecule is CC/C(=C/c1cccc(-c2cc3c(cc2C)C(C)(C)CCC3(C)C)c1)C(=O)O. The van der Waals surface area contributed by atoms with Crippen LogP contribution in [-0.4, -0.2) is 11.1 Å². The highest BCUT2D eigenvalue weighted by Crippen LogP contribution is 2.47. The quantitative estimate of drug-likeness (QED) is 0.590. The first kappa shape index (κ1) is 20.4. The van der Waals surface area contributed by atoms with E-state index < -0.39 is 5.97 Å². The molecule has 0 heterocycles. The summed E-state index contributed by atoms with van der Waals surface area (Å²) in [5.41, 5.74) is 8.34. The smallest absolute Gasteiger partial charge is 0.331 e. The lowest BCUT2D eigenvalue weighted by atomic mass is 9.62. The third-order valence-corrected chi connectivity index (χ3v) is 6.39. The summed E-state index contributed by atoms with van der Waals surface area (Å²) in [6.07, 6.45) is 4.70. The Morgan fingerprint density at radius 3 is 2.21 bits per heavy atom. The van der Waals surface area contributed by atoms with Gasteiger partial charge in [-0.3, -0.25) is 0 Å². The molecule has 2 aromatic rings. The van der Waals surface area contributed by atoms with Crippen LogP contribution in [-0.2, 0) is 15.6 Å². The maximum absolute atomic E-state index is 11.4. The Bertz CT molecular complexity index is 945. The number of aliphatic carboxylic acids is 1. The standard InChI is InChI=1S/C26H32O2/c1-7-19(24(27)28)14-18-9-8-10-20(15-18)21-16-23-22(13-17(21)2)25(3,4)11-12-26(23,5)6/h8-10,13-16H,7,11-12H2,1-6H3,(H,27,28)/b19-14-. The minimum atomic E-state index is -0.846. The van der Waals surface area contributed by atoms with E-state index in [1.807, 2.05) is 19.1 Å². The van der Waals surface area contributed by atoms with E-state index >= 15 is 0 Å². The van der Waals surface area contributed by atoms with E-state index in [9.17, 15) is 9.90 Å². The number of carboxylic acid groups (broad SMARTS) is 1. The first-order valence-corrected chi connectivity index (χ1v) is 10.2. The third-order valence-electron chi connectivity index (χ3n) is 6.39. The highest BCUT2D eigenvalue weighted by molar-refractivity contribution is 5.92. The van der Waals surface area contributed by atoms with E-state index in [4.69, 9.17) is 0 Å². The van der Waals surface area contributed by atoms with Gasteiger partial charge in [-0.2, -0.15) is 0 Å². The second-order valence-electron chi connectivity index (χ2n) is 9.43. The highest BCUT2D eigenvalue weighted by atomic mass is 16.4. The van der Waals surface area contributed by atoms with Crippen molar-refractivity contribution < 1.29 is 9.90 Å². The monoisotopic (exact) mass is 376 g/mol. The molecule has 2 nitrogen and oxygen atoms in total. The van der Waals surface area contributed by atoms with Crippen LogP contribution in [0.3, 0.4) is 0 Å². The van der Waals surface area contributed by atoms with Gasteiger partial charge in [0.1, 0.15) is 0 Å². The van der Waals surface area contributed by atoms with Gasteiger partial charge in [0.05, 0.1) is 0 Å². The van der Waals surface area contributed by atoms with E-state index in [1.165, 1.54) is 35.1 Å². The predicted octanol–water partition coefficient (Wildman–Crippen LogP) is 6.89. The minimum Gasteiger partial charge on any atom is -0.478 e. The molecule has 0 bridgehead atoms. The van der Waals surface area contributed by atoms with E-state index in [2.05, 4.69) is 58.9 Å². The molecule has 0 fully saturated rings. The van der Waals surface area contributed by atoms with Crippen molar-refractivity contribution in [2.45, 2.75) is 71.6 Å². The molecule has 0 unspecified atom stereocenters. The van der Waals surface area contributed by atoms with Crippen molar-refractivity contribution in [3.8, 4) is 11.1 Å². The van der Waals surface area contributed by atoms with Crippen LogP contribution in [0.2, 0.25) is 0 Å². The molecule has 0 saturated heterocycles. The van der Waals surface area contributed by atoms with E-state index in [1.54, 1.807) is 6.08 Å². The number of hydrogen-bond acceptors (Lipinski definition) is 1. The molecule has 0 radical (unpaired) electrons. The number of fused-ring (bicyclic) bond motifs is 1. The average molecular weight is 377 g/mol. The third kappa shape index (κ3) is 3.78. The van der Waals surface area contributed by atoms with Crippen LogP contribution in [0.5, 0.6) is 0 Å². The average Bonchev–Trinajstić information content (AvgIpc) is 2.63. The van der Waals surface area contributed by atoms with Crippen molar-refractivity contribution in [2.24, 2.45) is 0 Å². The number of carboxylic acids is 1. The van der Waals surface area contributed by atoms with Gasteiger partial charge in [-0.15, -0.1) is 0 Å². The van der Waals surface area contributed by atoms with Crippen molar-refractivity contribution in [1.82, 2.24) is 0 Å². The van der Waals surface area contributed by atoms with Crippen LogP contribution in [0.1, 0.15) is 76.1 Å². The fraction of sp³-hybridized carbons (Fsp3) is 0.423. The molecule has 0 atom stereocenters. The van der Waals surface area contributed by atoms with Crippen molar-refractivity contribution in [3.63, 3.8) is 0 Å². The summed E-state index contributed by atoms with van der Waals surface area (Å²) in [4.78, 5) is 11.4. The second kappa shape index (κ2) is 7.24. The topological polar surface area (TPSA) is 37.3 Å². The molecule has 0 aromatic heterocycles. The Hall–Kier alpha value is -2.35. The van der Waals surface area contributed by atoms with Gasteiger partial charge in [0, 0.05) is 5.57 Å². The largest absolute Gasteiger partial charge is 0.478 e. The Morgan fingerprint density at radius 1 is 1.04 bits per heavy atom. The molecule has 3 rings (SSSR count). The van der Waals surface area contributed by atoms with Crippen molar-refractivity contribution in [2.75, 3.05) is 0 Å². The molecule has 2 heteroatoms. The molecule has 2 aromatic carbocycles. The van der Waals surface area contributed by atoms with E-state index in [0.29, 0.717) is 12.0 Å². The summed E-state index contributed by atoms with van der Waals surface area (Å²) in [7, 11) is 0. The van der Waals surface area contributed by atoms with Gasteiger partial charge in [0.2, 0.25) is 0 Å². The van der Waals surface area contributed by atoms with Crippen LogP contribution < -0.4 is 0 Å². The van der Waals surface area contributed by atoms with Crippen molar-refractivity contribution in [3.05, 3.63) is 64.2 Å². The Kier molecular flexibility index (Phi) is 5.27. The van der Waals surface area contributed by atoms with Crippen LogP contribution in [0, 0.1) is 6.92 Å². The Balaban J connectivity index is 2.13. The Morgan fingerprint density at radius 2 is 1.64 bits per heavy atom. The van der Waals surface area contributed by atoms with Crippen LogP contribution in [0.25, 0.3) is 17.2 Å². The second-order valence-corrected chi connectivity index (χ2v) is 9.43. The van der Waals surface area contributed by atoms with Gasteiger partial charge < -0.3 is 5.11 Å². The molecular formula is C26H32O2. The van der Waals surface area contributed by atoms with Crippen molar-refractivity contribution >= 4 is 12.0 Å². The maximum atomic E-state index is 11.4. The van der Waals surface area contributed by atoms with E-state index in [-0.39, 0.29) is 10.8 Å².